The van der Waals surface area contributed by atoms with E-state index in [4.69, 9.17) is 4.43 Å². The SMILES string of the molecule is Br.CCCCCCCCCCN(C)CCC(CCCCCCC)CCC[SiH2]OC(C)(C)CC. The lowest BCUT2D eigenvalue weighted by molar-refractivity contribution is 0.111. The van der Waals surface area contributed by atoms with Gasteiger partial charge < -0.3 is 9.33 Å². The molecule has 0 aliphatic carbocycles. The first-order valence-corrected chi connectivity index (χ1v) is 16.3. The Balaban J connectivity index is 0. The molecule has 0 heterocycles. The molecule has 1 unspecified atom stereocenters. The van der Waals surface area contributed by atoms with Crippen molar-refractivity contribution < 1.29 is 4.43 Å². The number of nitrogens with zero attached hydrogens (tertiary/aromatic N) is 1. The van der Waals surface area contributed by atoms with Crippen molar-refractivity contribution in [1.82, 2.24) is 4.90 Å². The zero-order valence-electron chi connectivity index (χ0n) is 23.9. The predicted molar refractivity (Wildman–Crippen MR) is 160 cm³/mol. The van der Waals surface area contributed by atoms with E-state index in [2.05, 4.69) is 46.6 Å². The van der Waals surface area contributed by atoms with E-state index >= 15 is 0 Å². The van der Waals surface area contributed by atoms with Crippen LogP contribution in [0.5, 0.6) is 0 Å². The summed E-state index contributed by atoms with van der Waals surface area (Å²) in [7, 11) is 2.01. The molecule has 202 valence electrons. The first-order chi connectivity index (χ1) is 15.4. The molecule has 0 aliphatic rings. The van der Waals surface area contributed by atoms with Gasteiger partial charge in [0.25, 0.3) is 0 Å². The number of unbranched alkanes of at least 4 members (excludes halogenated alkanes) is 11. The fraction of sp³-hybridized carbons (Fsp3) is 1.00. The van der Waals surface area contributed by atoms with Crippen molar-refractivity contribution in [3.63, 3.8) is 0 Å². The summed E-state index contributed by atoms with van der Waals surface area (Å²) in [6, 6.07) is 1.36. The number of hydrogen-bond donors (Lipinski definition) is 0. The van der Waals surface area contributed by atoms with E-state index in [0.717, 1.165) is 12.3 Å². The van der Waals surface area contributed by atoms with Gasteiger partial charge in [0.15, 0.2) is 9.76 Å². The zero-order valence-corrected chi connectivity index (χ0v) is 27.0. The Bertz CT molecular complexity index is 381. The van der Waals surface area contributed by atoms with Crippen LogP contribution in [0.15, 0.2) is 0 Å². The summed E-state index contributed by atoms with van der Waals surface area (Å²) in [5, 5.41) is 0. The lowest BCUT2D eigenvalue weighted by atomic mass is 9.93. The van der Waals surface area contributed by atoms with E-state index in [0.29, 0.717) is 0 Å². The fourth-order valence-corrected chi connectivity index (χ4v) is 5.88. The molecule has 0 saturated heterocycles. The van der Waals surface area contributed by atoms with Gasteiger partial charge in [0.05, 0.1) is 0 Å². The van der Waals surface area contributed by atoms with Crippen molar-refractivity contribution in [3.8, 4) is 0 Å². The molecule has 0 radical (unpaired) electrons. The van der Waals surface area contributed by atoms with Gasteiger partial charge in [-0.1, -0.05) is 117 Å². The Morgan fingerprint density at radius 1 is 0.667 bits per heavy atom. The van der Waals surface area contributed by atoms with E-state index in [1.54, 1.807) is 0 Å². The number of halogens is 1. The molecule has 2 nitrogen and oxygen atoms in total. The molecule has 0 fully saturated rings. The fourth-order valence-electron chi connectivity index (χ4n) is 4.49. The van der Waals surface area contributed by atoms with E-state index in [1.807, 2.05) is 0 Å². The van der Waals surface area contributed by atoms with Crippen molar-refractivity contribution in [2.24, 2.45) is 5.92 Å². The standard InChI is InChI=1S/C29H63NOSi.BrH/c1-7-10-12-14-15-16-18-20-25-30(6)26-24-28(22-19-17-13-11-8-2)23-21-27-32-31-29(4,5)9-3;/h28H,7-27,32H2,1-6H3;1H. The summed E-state index contributed by atoms with van der Waals surface area (Å²) < 4.78 is 6.21. The largest absolute Gasteiger partial charge is 0.419 e. The van der Waals surface area contributed by atoms with Crippen molar-refractivity contribution in [1.29, 1.82) is 0 Å². The summed E-state index contributed by atoms with van der Waals surface area (Å²) in [6.07, 6.45) is 25.3. The van der Waals surface area contributed by atoms with Gasteiger partial charge in [-0.2, -0.15) is 0 Å². The monoisotopic (exact) mass is 549 g/mol. The maximum atomic E-state index is 6.21. The maximum Gasteiger partial charge on any atom is 0.162 e. The minimum absolute atomic E-state index is 0. The van der Waals surface area contributed by atoms with Gasteiger partial charge in [0.1, 0.15) is 0 Å². The molecule has 0 saturated carbocycles. The van der Waals surface area contributed by atoms with Crippen molar-refractivity contribution in [2.45, 2.75) is 162 Å². The second kappa shape index (κ2) is 25.7. The smallest absolute Gasteiger partial charge is 0.162 e. The third-order valence-corrected chi connectivity index (χ3v) is 9.15. The van der Waals surface area contributed by atoms with Crippen LogP contribution < -0.4 is 0 Å². The van der Waals surface area contributed by atoms with Crippen molar-refractivity contribution >= 4 is 26.7 Å². The first-order valence-electron chi connectivity index (χ1n) is 14.8. The topological polar surface area (TPSA) is 12.5 Å². The van der Waals surface area contributed by atoms with Crippen molar-refractivity contribution in [2.75, 3.05) is 20.1 Å². The molecule has 0 N–H and O–H groups in total. The quantitative estimate of drug-likeness (QED) is 0.0829. The second-order valence-electron chi connectivity index (χ2n) is 11.1. The zero-order chi connectivity index (χ0) is 23.9. The highest BCUT2D eigenvalue weighted by atomic mass is 79.9. The molecule has 0 aliphatic heterocycles. The average molecular weight is 551 g/mol. The Labute approximate surface area is 223 Å². The van der Waals surface area contributed by atoms with Crippen LogP contribution in [-0.4, -0.2) is 40.4 Å². The van der Waals surface area contributed by atoms with E-state index in [1.165, 1.54) is 128 Å². The van der Waals surface area contributed by atoms with Crippen LogP contribution in [0.2, 0.25) is 6.04 Å². The average Bonchev–Trinajstić information content (AvgIpc) is 2.78. The summed E-state index contributed by atoms with van der Waals surface area (Å²) in [5.41, 5.74) is 0.114. The highest BCUT2D eigenvalue weighted by Crippen LogP contribution is 2.22. The maximum absolute atomic E-state index is 6.21. The van der Waals surface area contributed by atoms with Gasteiger partial charge in [0.2, 0.25) is 0 Å². The molecule has 0 amide bonds. The minimum Gasteiger partial charge on any atom is -0.419 e. The molecule has 0 rings (SSSR count). The lowest BCUT2D eigenvalue weighted by Gasteiger charge is -2.24. The molecule has 0 aromatic carbocycles. The van der Waals surface area contributed by atoms with E-state index in [9.17, 15) is 0 Å². The van der Waals surface area contributed by atoms with Crippen molar-refractivity contribution in [3.05, 3.63) is 0 Å². The minimum atomic E-state index is -0.341. The van der Waals surface area contributed by atoms with Gasteiger partial charge in [0, 0.05) is 5.60 Å². The third-order valence-electron chi connectivity index (χ3n) is 7.38. The van der Waals surface area contributed by atoms with Crippen LogP contribution in [0.1, 0.15) is 150 Å². The second-order valence-corrected chi connectivity index (χ2v) is 12.5. The molecule has 0 aromatic heterocycles. The lowest BCUT2D eigenvalue weighted by Crippen LogP contribution is -2.25. The highest BCUT2D eigenvalue weighted by Gasteiger charge is 2.15. The molecule has 33 heavy (non-hydrogen) atoms. The number of hydrogen-bond acceptors (Lipinski definition) is 2. The third kappa shape index (κ3) is 25.5. The van der Waals surface area contributed by atoms with Crippen LogP contribution >= 0.6 is 17.0 Å². The summed E-state index contributed by atoms with van der Waals surface area (Å²) >= 11 is 0. The summed E-state index contributed by atoms with van der Waals surface area (Å²) in [5.74, 6) is 0.936. The summed E-state index contributed by atoms with van der Waals surface area (Å²) in [6.45, 7) is 14.0. The van der Waals surface area contributed by atoms with Crippen LogP contribution in [0.3, 0.4) is 0 Å². The summed E-state index contributed by atoms with van der Waals surface area (Å²) in [4.78, 5) is 2.61. The number of rotatable bonds is 25. The Kier molecular flexibility index (Phi) is 27.9. The first kappa shape index (κ1) is 35.8. The van der Waals surface area contributed by atoms with Crippen LogP contribution in [0.4, 0.5) is 0 Å². The predicted octanol–water partition coefficient (Wildman–Crippen LogP) is 9.49. The Hall–Kier alpha value is 0.617. The molecular formula is C29H64BrNOSi. The van der Waals surface area contributed by atoms with Gasteiger partial charge in [-0.05, 0) is 65.2 Å². The van der Waals surface area contributed by atoms with Gasteiger partial charge >= 0.3 is 0 Å². The highest BCUT2D eigenvalue weighted by molar-refractivity contribution is 8.93. The Morgan fingerprint density at radius 3 is 1.76 bits per heavy atom. The molecule has 4 heteroatoms. The molecule has 0 spiro atoms. The van der Waals surface area contributed by atoms with Crippen LogP contribution in [-0.2, 0) is 4.43 Å². The van der Waals surface area contributed by atoms with Gasteiger partial charge in [-0.25, -0.2) is 0 Å². The van der Waals surface area contributed by atoms with Gasteiger partial charge in [-0.15, -0.1) is 17.0 Å². The molecule has 0 bridgehead atoms. The van der Waals surface area contributed by atoms with Crippen LogP contribution in [0.25, 0.3) is 0 Å². The van der Waals surface area contributed by atoms with E-state index < -0.39 is 0 Å². The molecule has 1 atom stereocenters. The van der Waals surface area contributed by atoms with E-state index in [-0.39, 0.29) is 32.3 Å². The normalized spacial score (nSPS) is 13.2. The van der Waals surface area contributed by atoms with Gasteiger partial charge in [-0.3, -0.25) is 0 Å². The molecular weight excluding hydrogens is 486 g/mol. The van der Waals surface area contributed by atoms with Crippen LogP contribution in [0, 0.1) is 5.92 Å². The Morgan fingerprint density at radius 2 is 1.18 bits per heavy atom. The molecule has 0 aromatic rings.